The van der Waals surface area contributed by atoms with Crippen molar-refractivity contribution in [3.05, 3.63) is 42.1 Å². The molecule has 2 aromatic carbocycles. The number of hydrogen-bond acceptors (Lipinski definition) is 6. The SMILES string of the molecule is COc1cc2c(cc1OC)-c1cc3cc(OC)c(OC)cc3c[n+]1CC2.O=C([O-])C(F)(F)F. The van der Waals surface area contributed by atoms with Crippen molar-refractivity contribution >= 4 is 16.7 Å². The Morgan fingerprint density at radius 1 is 0.848 bits per heavy atom. The standard InChI is InChI=1S/C21H22NO4.C2HF3O2/c1-23-18-8-13-5-6-22-12-15-10-20(25-3)19(24-2)9-14(15)7-17(22)16(13)11-21(18)26-4;3-2(4,5)1(6)7/h7-12H,5-6H2,1-4H3;(H,6,7)/q+1;/p-1. The molecule has 1 aliphatic heterocycles. The van der Waals surface area contributed by atoms with Gasteiger partial charge in [0.15, 0.2) is 35.7 Å². The van der Waals surface area contributed by atoms with Gasteiger partial charge in [-0.05, 0) is 35.2 Å². The number of rotatable bonds is 4. The number of ether oxygens (including phenoxy) is 4. The van der Waals surface area contributed by atoms with E-state index in [1.165, 1.54) is 11.1 Å². The van der Waals surface area contributed by atoms with Crippen LogP contribution in [0.2, 0.25) is 0 Å². The maximum Gasteiger partial charge on any atom is 0.430 e. The zero-order valence-electron chi connectivity index (χ0n) is 18.4. The molecule has 3 aromatic rings. The maximum absolute atomic E-state index is 10.5. The summed E-state index contributed by atoms with van der Waals surface area (Å²) in [6.45, 7) is 0.919. The monoisotopic (exact) mass is 465 g/mol. The Hall–Kier alpha value is -3.69. The van der Waals surface area contributed by atoms with Gasteiger partial charge >= 0.3 is 6.18 Å². The van der Waals surface area contributed by atoms with Crippen LogP contribution in [0.4, 0.5) is 13.2 Å². The second-order valence-electron chi connectivity index (χ2n) is 7.09. The van der Waals surface area contributed by atoms with Crippen molar-refractivity contribution < 1.29 is 46.6 Å². The van der Waals surface area contributed by atoms with E-state index in [0.717, 1.165) is 52.4 Å². The van der Waals surface area contributed by atoms with Crippen molar-refractivity contribution in [2.24, 2.45) is 0 Å². The summed E-state index contributed by atoms with van der Waals surface area (Å²) in [5.41, 5.74) is 3.60. The van der Waals surface area contributed by atoms with Gasteiger partial charge in [-0.25, -0.2) is 0 Å². The Morgan fingerprint density at radius 2 is 1.33 bits per heavy atom. The lowest BCUT2D eigenvalue weighted by Gasteiger charge is -2.18. The van der Waals surface area contributed by atoms with Crippen molar-refractivity contribution in [2.75, 3.05) is 28.4 Å². The molecule has 7 nitrogen and oxygen atoms in total. The van der Waals surface area contributed by atoms with Crippen LogP contribution in [0.5, 0.6) is 23.0 Å². The molecule has 0 saturated heterocycles. The molecule has 0 fully saturated rings. The molecule has 176 valence electrons. The topological polar surface area (TPSA) is 80.9 Å². The van der Waals surface area contributed by atoms with Crippen LogP contribution < -0.4 is 28.6 Å². The number of halogens is 3. The van der Waals surface area contributed by atoms with Crippen LogP contribution in [0.3, 0.4) is 0 Å². The van der Waals surface area contributed by atoms with Crippen molar-refractivity contribution in [3.63, 3.8) is 0 Å². The van der Waals surface area contributed by atoms with E-state index in [1.807, 2.05) is 12.1 Å². The normalized spacial score (nSPS) is 12.1. The highest BCUT2D eigenvalue weighted by Crippen LogP contribution is 2.38. The predicted molar refractivity (Wildman–Crippen MR) is 111 cm³/mol. The summed E-state index contributed by atoms with van der Waals surface area (Å²) < 4.78 is 55.7. The fourth-order valence-corrected chi connectivity index (χ4v) is 3.64. The van der Waals surface area contributed by atoms with Crippen molar-refractivity contribution in [2.45, 2.75) is 19.1 Å². The Balaban J connectivity index is 0.000000383. The van der Waals surface area contributed by atoms with Crippen LogP contribution in [0.25, 0.3) is 22.0 Å². The van der Waals surface area contributed by atoms with Gasteiger partial charge in [0.1, 0.15) is 5.97 Å². The largest absolute Gasteiger partial charge is 0.542 e. The summed E-state index contributed by atoms with van der Waals surface area (Å²) in [5.74, 6) is -0.0250. The van der Waals surface area contributed by atoms with Crippen LogP contribution >= 0.6 is 0 Å². The van der Waals surface area contributed by atoms with Gasteiger partial charge in [-0.1, -0.05) is 0 Å². The van der Waals surface area contributed by atoms with Gasteiger partial charge < -0.3 is 28.8 Å². The summed E-state index contributed by atoms with van der Waals surface area (Å²) in [4.78, 5) is 8.78. The number of fused-ring (bicyclic) bond motifs is 4. The number of aliphatic carboxylic acids is 1. The number of carbonyl (C=O) groups excluding carboxylic acids is 1. The van der Waals surface area contributed by atoms with Crippen LogP contribution in [0.1, 0.15) is 5.56 Å². The first-order valence-corrected chi connectivity index (χ1v) is 9.75. The quantitative estimate of drug-likeness (QED) is 0.552. The van der Waals surface area contributed by atoms with Crippen LogP contribution in [-0.2, 0) is 17.8 Å². The number of methoxy groups -OCH3 is 4. The smallest absolute Gasteiger partial charge is 0.430 e. The van der Waals surface area contributed by atoms with Gasteiger partial charge in [0, 0.05) is 17.9 Å². The molecule has 0 unspecified atom stereocenters. The average molecular weight is 465 g/mol. The number of benzene rings is 2. The number of alkyl halides is 3. The van der Waals surface area contributed by atoms with E-state index < -0.39 is 12.1 Å². The number of pyridine rings is 1. The van der Waals surface area contributed by atoms with E-state index in [9.17, 15) is 13.2 Å². The summed E-state index contributed by atoms with van der Waals surface area (Å²) in [7, 11) is 6.65. The number of carboxylic acids is 1. The molecule has 0 bridgehead atoms. The van der Waals surface area contributed by atoms with E-state index in [4.69, 9.17) is 28.8 Å². The lowest BCUT2D eigenvalue weighted by Crippen LogP contribution is -2.40. The number of hydrogen-bond donors (Lipinski definition) is 0. The van der Waals surface area contributed by atoms with Crippen LogP contribution in [-0.4, -0.2) is 40.6 Å². The summed E-state index contributed by atoms with van der Waals surface area (Å²) >= 11 is 0. The molecule has 10 heteroatoms. The maximum atomic E-state index is 10.5. The first-order chi connectivity index (χ1) is 15.6. The molecule has 0 atom stereocenters. The molecule has 0 saturated carbocycles. The van der Waals surface area contributed by atoms with E-state index in [-0.39, 0.29) is 0 Å². The lowest BCUT2D eigenvalue weighted by atomic mass is 9.95. The highest BCUT2D eigenvalue weighted by molar-refractivity contribution is 5.87. The van der Waals surface area contributed by atoms with Gasteiger partial charge in [-0.2, -0.15) is 17.7 Å². The number of aromatic nitrogens is 1. The molecular weight excluding hydrogens is 443 g/mol. The van der Waals surface area contributed by atoms with Gasteiger partial charge in [0.25, 0.3) is 0 Å². The third-order valence-electron chi connectivity index (χ3n) is 5.22. The van der Waals surface area contributed by atoms with E-state index in [0.29, 0.717) is 0 Å². The van der Waals surface area contributed by atoms with Crippen LogP contribution in [0, 0.1) is 0 Å². The van der Waals surface area contributed by atoms with Gasteiger partial charge in [-0.15, -0.1) is 0 Å². The molecule has 33 heavy (non-hydrogen) atoms. The molecule has 2 heterocycles. The Bertz CT molecular complexity index is 1190. The highest BCUT2D eigenvalue weighted by Gasteiger charge is 2.29. The van der Waals surface area contributed by atoms with E-state index in [2.05, 4.69) is 29.0 Å². The lowest BCUT2D eigenvalue weighted by molar-refractivity contribution is -0.686. The fraction of sp³-hybridized carbons (Fsp3) is 0.304. The molecule has 1 aromatic heterocycles. The van der Waals surface area contributed by atoms with Crippen molar-refractivity contribution in [1.29, 1.82) is 0 Å². The summed E-state index contributed by atoms with van der Waals surface area (Å²) in [6.07, 6.45) is -2.07. The van der Waals surface area contributed by atoms with Gasteiger partial charge in [-0.3, -0.25) is 0 Å². The fourth-order valence-electron chi connectivity index (χ4n) is 3.64. The second kappa shape index (κ2) is 9.43. The third kappa shape index (κ3) is 4.89. The highest BCUT2D eigenvalue weighted by atomic mass is 19.4. The molecule has 0 aliphatic carbocycles. The van der Waals surface area contributed by atoms with Crippen molar-refractivity contribution in [1.82, 2.24) is 0 Å². The zero-order chi connectivity index (χ0) is 24.3. The summed E-state index contributed by atoms with van der Waals surface area (Å²) in [5, 5.41) is 11.0. The van der Waals surface area contributed by atoms with E-state index in [1.54, 1.807) is 28.4 Å². The first kappa shape index (κ1) is 24.0. The number of aryl methyl sites for hydroxylation is 2. The predicted octanol–water partition coefficient (Wildman–Crippen LogP) is 2.68. The molecule has 4 rings (SSSR count). The van der Waals surface area contributed by atoms with Crippen LogP contribution in [0.15, 0.2) is 36.5 Å². The minimum absolute atomic E-state index is 0.730. The van der Waals surface area contributed by atoms with Crippen molar-refractivity contribution in [3.8, 4) is 34.3 Å². The second-order valence-corrected chi connectivity index (χ2v) is 7.09. The Labute approximate surface area is 187 Å². The summed E-state index contributed by atoms with van der Waals surface area (Å²) in [6, 6.07) is 10.4. The number of carbonyl (C=O) groups is 1. The Kier molecular flexibility index (Phi) is 6.85. The minimum Gasteiger partial charge on any atom is -0.542 e. The van der Waals surface area contributed by atoms with Gasteiger partial charge in [0.2, 0.25) is 5.69 Å². The zero-order valence-corrected chi connectivity index (χ0v) is 18.4. The average Bonchev–Trinajstić information content (AvgIpc) is 2.80. The molecular formula is C23H22F3NO6. The molecule has 0 spiro atoms. The van der Waals surface area contributed by atoms with E-state index >= 15 is 0 Å². The number of nitrogens with zero attached hydrogens (tertiary/aromatic N) is 1. The Morgan fingerprint density at radius 3 is 1.85 bits per heavy atom. The number of carboxylic acid groups (broad SMARTS) is 1. The molecule has 0 N–H and O–H groups in total. The first-order valence-electron chi connectivity index (χ1n) is 9.75. The third-order valence-corrected chi connectivity index (χ3v) is 5.22. The minimum atomic E-state index is -5.19. The molecule has 0 radical (unpaired) electrons. The molecule has 0 amide bonds. The van der Waals surface area contributed by atoms with Gasteiger partial charge in [0.05, 0.1) is 34.0 Å². The molecule has 1 aliphatic rings.